The summed E-state index contributed by atoms with van der Waals surface area (Å²) in [7, 11) is 0. The van der Waals surface area contributed by atoms with Gasteiger partial charge < -0.3 is 15.2 Å². The first-order chi connectivity index (χ1) is 10.3. The zero-order valence-corrected chi connectivity index (χ0v) is 12.0. The van der Waals surface area contributed by atoms with Gasteiger partial charge in [-0.15, -0.1) is 0 Å². The lowest BCUT2D eigenvalue weighted by molar-refractivity contribution is -0.133. The second-order valence-electron chi connectivity index (χ2n) is 5.24. The van der Waals surface area contributed by atoms with Gasteiger partial charge in [0.2, 0.25) is 5.91 Å². The molecule has 1 saturated heterocycles. The molecule has 6 nitrogen and oxygen atoms in total. The first-order valence-corrected chi connectivity index (χ1v) is 7.14. The molecule has 3 heterocycles. The number of pyridine rings is 1. The highest BCUT2D eigenvalue weighted by Crippen LogP contribution is 2.22. The van der Waals surface area contributed by atoms with Gasteiger partial charge in [-0.25, -0.2) is 4.98 Å². The molecule has 0 aliphatic carbocycles. The van der Waals surface area contributed by atoms with Crippen LogP contribution in [0.4, 0.5) is 0 Å². The van der Waals surface area contributed by atoms with Crippen molar-refractivity contribution in [1.82, 2.24) is 25.2 Å². The normalized spacial score (nSPS) is 18.7. The summed E-state index contributed by atoms with van der Waals surface area (Å²) in [5, 5.41) is 3.34. The standard InChI is InChI=1S/C15H19N5O/c1-11-13(19-10-18-11)7-15(21)20-6-5-17-9-14(20)12-3-2-4-16-8-12/h2-4,8,10,14,17H,5-7,9H2,1H3,(H,18,19). The lowest BCUT2D eigenvalue weighted by Gasteiger charge is -2.36. The summed E-state index contributed by atoms with van der Waals surface area (Å²) in [6.07, 6.45) is 5.55. The number of aryl methyl sites for hydroxylation is 1. The summed E-state index contributed by atoms with van der Waals surface area (Å²) in [5.41, 5.74) is 2.84. The lowest BCUT2D eigenvalue weighted by Crippen LogP contribution is -2.49. The van der Waals surface area contributed by atoms with Gasteiger partial charge in [-0.1, -0.05) is 6.07 Å². The average Bonchev–Trinajstić information content (AvgIpc) is 2.93. The van der Waals surface area contributed by atoms with Crippen LogP contribution in [0.3, 0.4) is 0 Å². The van der Waals surface area contributed by atoms with Crippen molar-refractivity contribution in [1.29, 1.82) is 0 Å². The lowest BCUT2D eigenvalue weighted by atomic mass is 10.0. The summed E-state index contributed by atoms with van der Waals surface area (Å²) in [5.74, 6) is 0.112. The Labute approximate surface area is 123 Å². The third kappa shape index (κ3) is 2.95. The molecule has 2 aromatic heterocycles. The fourth-order valence-corrected chi connectivity index (χ4v) is 2.68. The Kier molecular flexibility index (Phi) is 3.96. The van der Waals surface area contributed by atoms with E-state index in [1.165, 1.54) is 0 Å². The molecule has 2 N–H and O–H groups in total. The predicted molar refractivity (Wildman–Crippen MR) is 78.6 cm³/mol. The highest BCUT2D eigenvalue weighted by atomic mass is 16.2. The monoisotopic (exact) mass is 285 g/mol. The number of aromatic amines is 1. The van der Waals surface area contributed by atoms with Crippen molar-refractivity contribution in [2.75, 3.05) is 19.6 Å². The number of carbonyl (C=O) groups excluding carboxylic acids is 1. The maximum atomic E-state index is 12.6. The quantitative estimate of drug-likeness (QED) is 0.876. The second-order valence-corrected chi connectivity index (χ2v) is 5.24. The van der Waals surface area contributed by atoms with Gasteiger partial charge in [-0.3, -0.25) is 9.78 Å². The summed E-state index contributed by atoms with van der Waals surface area (Å²) in [4.78, 5) is 26.0. The van der Waals surface area contributed by atoms with Gasteiger partial charge in [-0.2, -0.15) is 0 Å². The molecule has 0 radical (unpaired) electrons. The molecule has 1 aliphatic heterocycles. The zero-order chi connectivity index (χ0) is 14.7. The van der Waals surface area contributed by atoms with E-state index in [2.05, 4.69) is 20.3 Å². The molecule has 1 aliphatic rings. The van der Waals surface area contributed by atoms with E-state index in [0.29, 0.717) is 13.0 Å². The number of hydrogen-bond donors (Lipinski definition) is 2. The molecule has 110 valence electrons. The Hall–Kier alpha value is -2.21. The fraction of sp³-hybridized carbons (Fsp3) is 0.400. The number of rotatable bonds is 3. The van der Waals surface area contributed by atoms with Gasteiger partial charge in [-0.05, 0) is 18.6 Å². The fourth-order valence-electron chi connectivity index (χ4n) is 2.68. The maximum Gasteiger partial charge on any atom is 0.229 e. The first-order valence-electron chi connectivity index (χ1n) is 7.14. The Morgan fingerprint density at radius 1 is 1.52 bits per heavy atom. The van der Waals surface area contributed by atoms with Crippen LogP contribution in [0.15, 0.2) is 30.9 Å². The molecule has 6 heteroatoms. The number of piperazine rings is 1. The molecule has 1 atom stereocenters. The number of nitrogens with one attached hydrogen (secondary N) is 2. The zero-order valence-electron chi connectivity index (χ0n) is 12.0. The van der Waals surface area contributed by atoms with Gasteiger partial charge in [0.15, 0.2) is 0 Å². The Morgan fingerprint density at radius 3 is 3.14 bits per heavy atom. The van der Waals surface area contributed by atoms with Crippen molar-refractivity contribution < 1.29 is 4.79 Å². The van der Waals surface area contributed by atoms with E-state index in [9.17, 15) is 4.79 Å². The molecule has 0 bridgehead atoms. The second kappa shape index (κ2) is 6.05. The Bertz CT molecular complexity index is 610. The van der Waals surface area contributed by atoms with Crippen molar-refractivity contribution in [3.8, 4) is 0 Å². The molecule has 0 spiro atoms. The van der Waals surface area contributed by atoms with E-state index in [4.69, 9.17) is 0 Å². The number of nitrogens with zero attached hydrogens (tertiary/aromatic N) is 3. The predicted octanol–water partition coefficient (Wildman–Crippen LogP) is 0.829. The maximum absolute atomic E-state index is 12.6. The minimum absolute atomic E-state index is 0.0409. The smallest absolute Gasteiger partial charge is 0.229 e. The van der Waals surface area contributed by atoms with Gasteiger partial charge in [0.05, 0.1) is 24.5 Å². The first kappa shape index (κ1) is 13.8. The number of aromatic nitrogens is 3. The van der Waals surface area contributed by atoms with Crippen LogP contribution >= 0.6 is 0 Å². The number of hydrogen-bond acceptors (Lipinski definition) is 4. The van der Waals surface area contributed by atoms with Gasteiger partial charge >= 0.3 is 0 Å². The van der Waals surface area contributed by atoms with E-state index in [1.54, 1.807) is 12.5 Å². The molecule has 1 amide bonds. The van der Waals surface area contributed by atoms with Crippen molar-refractivity contribution in [2.45, 2.75) is 19.4 Å². The largest absolute Gasteiger partial charge is 0.348 e. The number of H-pyrrole nitrogens is 1. The average molecular weight is 285 g/mol. The topological polar surface area (TPSA) is 73.9 Å². The van der Waals surface area contributed by atoms with E-state index in [1.807, 2.05) is 30.2 Å². The molecule has 2 aromatic rings. The van der Waals surface area contributed by atoms with Crippen LogP contribution in [-0.4, -0.2) is 45.4 Å². The minimum Gasteiger partial charge on any atom is -0.348 e. The highest BCUT2D eigenvalue weighted by Gasteiger charge is 2.28. The third-order valence-corrected chi connectivity index (χ3v) is 3.89. The SMILES string of the molecule is Cc1[nH]cnc1CC(=O)N1CCNCC1c1cccnc1. The number of carbonyl (C=O) groups is 1. The summed E-state index contributed by atoms with van der Waals surface area (Å²) >= 11 is 0. The Balaban J connectivity index is 1.78. The molecule has 21 heavy (non-hydrogen) atoms. The van der Waals surface area contributed by atoms with Crippen molar-refractivity contribution in [3.05, 3.63) is 47.8 Å². The molecule has 0 saturated carbocycles. The Morgan fingerprint density at radius 2 is 2.43 bits per heavy atom. The summed E-state index contributed by atoms with van der Waals surface area (Å²) in [6, 6.07) is 3.97. The van der Waals surface area contributed by atoms with Crippen molar-refractivity contribution in [2.24, 2.45) is 0 Å². The molecule has 1 unspecified atom stereocenters. The molecule has 0 aromatic carbocycles. The van der Waals surface area contributed by atoms with Gasteiger partial charge in [0.25, 0.3) is 0 Å². The number of imidazole rings is 1. The highest BCUT2D eigenvalue weighted by molar-refractivity contribution is 5.79. The van der Waals surface area contributed by atoms with Crippen LogP contribution in [0, 0.1) is 6.92 Å². The summed E-state index contributed by atoms with van der Waals surface area (Å²) in [6.45, 7) is 4.23. The van der Waals surface area contributed by atoms with E-state index in [0.717, 1.165) is 30.0 Å². The molecule has 3 rings (SSSR count). The third-order valence-electron chi connectivity index (χ3n) is 3.89. The van der Waals surface area contributed by atoms with Crippen LogP contribution < -0.4 is 5.32 Å². The van der Waals surface area contributed by atoms with Crippen LogP contribution in [0.2, 0.25) is 0 Å². The molecule has 1 fully saturated rings. The van der Waals surface area contributed by atoms with Crippen LogP contribution in [0.1, 0.15) is 23.0 Å². The van der Waals surface area contributed by atoms with Crippen molar-refractivity contribution in [3.63, 3.8) is 0 Å². The van der Waals surface area contributed by atoms with Crippen LogP contribution in [0.5, 0.6) is 0 Å². The minimum atomic E-state index is 0.0409. The van der Waals surface area contributed by atoms with Gasteiger partial charge in [0, 0.05) is 37.7 Å². The molecular weight excluding hydrogens is 266 g/mol. The molecular formula is C15H19N5O. The number of amides is 1. The van der Waals surface area contributed by atoms with E-state index in [-0.39, 0.29) is 11.9 Å². The van der Waals surface area contributed by atoms with Crippen molar-refractivity contribution >= 4 is 5.91 Å². The van der Waals surface area contributed by atoms with Gasteiger partial charge in [0.1, 0.15) is 0 Å². The van der Waals surface area contributed by atoms with Crippen LogP contribution in [0.25, 0.3) is 0 Å². The van der Waals surface area contributed by atoms with Crippen LogP contribution in [-0.2, 0) is 11.2 Å². The summed E-state index contributed by atoms with van der Waals surface area (Å²) < 4.78 is 0. The van der Waals surface area contributed by atoms with E-state index < -0.39 is 0 Å². The van der Waals surface area contributed by atoms with E-state index >= 15 is 0 Å².